The summed E-state index contributed by atoms with van der Waals surface area (Å²) in [6.45, 7) is 0.833. The molecular formula is C23H16ClN. The van der Waals surface area contributed by atoms with Crippen molar-refractivity contribution >= 4 is 44.2 Å². The highest BCUT2D eigenvalue weighted by Crippen LogP contribution is 2.38. The van der Waals surface area contributed by atoms with Crippen LogP contribution < -0.4 is 0 Å². The average Bonchev–Trinajstić information content (AvgIpc) is 2.97. The van der Waals surface area contributed by atoms with E-state index in [0.717, 1.165) is 17.0 Å². The lowest BCUT2D eigenvalue weighted by Crippen LogP contribution is -1.99. The Balaban J connectivity index is 1.93. The van der Waals surface area contributed by atoms with Gasteiger partial charge in [-0.1, -0.05) is 84.4 Å². The van der Waals surface area contributed by atoms with Crippen molar-refractivity contribution in [2.45, 2.75) is 6.54 Å². The van der Waals surface area contributed by atoms with Crippen LogP contribution in [-0.4, -0.2) is 4.57 Å². The molecule has 0 saturated heterocycles. The molecule has 0 aliphatic heterocycles. The standard InChI is InChI=1S/C23H16ClN/c24-20-14-22-23(18-11-5-4-10-17(18)20)19-12-6-7-13-21(19)25(22)15-16-8-2-1-3-9-16/h1-14H,15H2. The fourth-order valence-electron chi connectivity index (χ4n) is 3.80. The van der Waals surface area contributed by atoms with Crippen LogP contribution in [0.2, 0.25) is 5.02 Å². The van der Waals surface area contributed by atoms with Crippen LogP contribution in [0.5, 0.6) is 0 Å². The molecule has 0 radical (unpaired) electrons. The molecule has 0 amide bonds. The summed E-state index contributed by atoms with van der Waals surface area (Å²) >= 11 is 6.63. The molecular weight excluding hydrogens is 326 g/mol. The Morgan fingerprint density at radius 2 is 1.28 bits per heavy atom. The second-order valence-corrected chi connectivity index (χ2v) is 6.79. The predicted molar refractivity (Wildman–Crippen MR) is 108 cm³/mol. The Morgan fingerprint density at radius 1 is 0.640 bits per heavy atom. The Labute approximate surface area is 151 Å². The van der Waals surface area contributed by atoms with Crippen molar-refractivity contribution < 1.29 is 0 Å². The first kappa shape index (κ1) is 14.6. The fraction of sp³-hybridized carbons (Fsp3) is 0.0435. The number of aromatic nitrogens is 1. The zero-order valence-electron chi connectivity index (χ0n) is 13.6. The maximum Gasteiger partial charge on any atom is 0.0516 e. The number of hydrogen-bond donors (Lipinski definition) is 0. The average molecular weight is 342 g/mol. The molecule has 0 fully saturated rings. The molecule has 2 heteroatoms. The normalized spacial score (nSPS) is 11.6. The summed E-state index contributed by atoms with van der Waals surface area (Å²) in [6, 6.07) is 29.7. The van der Waals surface area contributed by atoms with E-state index in [2.05, 4.69) is 83.4 Å². The van der Waals surface area contributed by atoms with Crippen LogP contribution in [-0.2, 0) is 6.54 Å². The maximum atomic E-state index is 6.63. The van der Waals surface area contributed by atoms with Gasteiger partial charge in [-0.25, -0.2) is 0 Å². The lowest BCUT2D eigenvalue weighted by atomic mass is 10.0. The summed E-state index contributed by atoms with van der Waals surface area (Å²) < 4.78 is 2.37. The molecule has 5 rings (SSSR count). The van der Waals surface area contributed by atoms with Crippen LogP contribution in [0.1, 0.15) is 5.56 Å². The lowest BCUT2D eigenvalue weighted by Gasteiger charge is -2.09. The van der Waals surface area contributed by atoms with Gasteiger partial charge in [-0.15, -0.1) is 0 Å². The summed E-state index contributed by atoms with van der Waals surface area (Å²) in [4.78, 5) is 0. The van der Waals surface area contributed by atoms with Crippen LogP contribution in [0.4, 0.5) is 0 Å². The van der Waals surface area contributed by atoms with Crippen molar-refractivity contribution in [1.82, 2.24) is 4.57 Å². The number of para-hydroxylation sites is 1. The Bertz CT molecular complexity index is 1220. The minimum absolute atomic E-state index is 0.806. The zero-order chi connectivity index (χ0) is 16.8. The maximum absolute atomic E-state index is 6.63. The van der Waals surface area contributed by atoms with Gasteiger partial charge in [0, 0.05) is 28.2 Å². The van der Waals surface area contributed by atoms with E-state index >= 15 is 0 Å². The molecule has 0 bridgehead atoms. The quantitative estimate of drug-likeness (QED) is 0.339. The molecule has 120 valence electrons. The molecule has 0 N–H and O–H groups in total. The minimum Gasteiger partial charge on any atom is -0.336 e. The van der Waals surface area contributed by atoms with Gasteiger partial charge in [-0.05, 0) is 23.1 Å². The Morgan fingerprint density at radius 3 is 2.08 bits per heavy atom. The number of rotatable bonds is 2. The first-order chi connectivity index (χ1) is 12.3. The lowest BCUT2D eigenvalue weighted by molar-refractivity contribution is 0.869. The van der Waals surface area contributed by atoms with Crippen molar-refractivity contribution in [2.24, 2.45) is 0 Å². The largest absolute Gasteiger partial charge is 0.336 e. The van der Waals surface area contributed by atoms with E-state index in [1.807, 2.05) is 6.07 Å². The van der Waals surface area contributed by atoms with Crippen molar-refractivity contribution in [1.29, 1.82) is 0 Å². The summed E-state index contributed by atoms with van der Waals surface area (Å²) in [5, 5.41) is 5.69. The highest BCUT2D eigenvalue weighted by Gasteiger charge is 2.15. The summed E-state index contributed by atoms with van der Waals surface area (Å²) in [6.07, 6.45) is 0. The van der Waals surface area contributed by atoms with E-state index < -0.39 is 0 Å². The van der Waals surface area contributed by atoms with Crippen LogP contribution in [0.3, 0.4) is 0 Å². The highest BCUT2D eigenvalue weighted by atomic mass is 35.5. The SMILES string of the molecule is Clc1cc2c(c3ccccc13)c1ccccc1n2Cc1ccccc1. The number of fused-ring (bicyclic) bond motifs is 5. The Kier molecular flexibility index (Phi) is 3.29. The molecule has 0 atom stereocenters. The van der Waals surface area contributed by atoms with E-state index in [1.54, 1.807) is 0 Å². The molecule has 0 unspecified atom stereocenters. The van der Waals surface area contributed by atoms with Crippen LogP contribution in [0.15, 0.2) is 84.9 Å². The second kappa shape index (κ2) is 5.65. The number of halogens is 1. The number of hydrogen-bond acceptors (Lipinski definition) is 0. The Hall–Kier alpha value is -2.77. The fourth-order valence-corrected chi connectivity index (χ4v) is 4.07. The van der Waals surface area contributed by atoms with Crippen LogP contribution in [0, 0.1) is 0 Å². The topological polar surface area (TPSA) is 4.93 Å². The van der Waals surface area contributed by atoms with Crippen LogP contribution in [0.25, 0.3) is 32.6 Å². The molecule has 0 spiro atoms. The molecule has 1 heterocycles. The molecule has 1 aromatic heterocycles. The first-order valence-corrected chi connectivity index (χ1v) is 8.83. The molecule has 1 nitrogen and oxygen atoms in total. The van der Waals surface area contributed by atoms with Gasteiger partial charge in [0.1, 0.15) is 0 Å². The second-order valence-electron chi connectivity index (χ2n) is 6.39. The smallest absolute Gasteiger partial charge is 0.0516 e. The first-order valence-electron chi connectivity index (χ1n) is 8.45. The van der Waals surface area contributed by atoms with Crippen molar-refractivity contribution in [3.8, 4) is 0 Å². The predicted octanol–water partition coefficient (Wildman–Crippen LogP) is 6.65. The minimum atomic E-state index is 0.806. The molecule has 5 aromatic rings. The van der Waals surface area contributed by atoms with E-state index in [9.17, 15) is 0 Å². The number of nitrogens with zero attached hydrogens (tertiary/aromatic N) is 1. The van der Waals surface area contributed by atoms with Crippen molar-refractivity contribution in [2.75, 3.05) is 0 Å². The third kappa shape index (κ3) is 2.24. The van der Waals surface area contributed by atoms with E-state index in [0.29, 0.717) is 0 Å². The third-order valence-corrected chi connectivity index (χ3v) is 5.22. The zero-order valence-corrected chi connectivity index (χ0v) is 14.4. The van der Waals surface area contributed by atoms with Gasteiger partial charge in [0.2, 0.25) is 0 Å². The van der Waals surface area contributed by atoms with E-state index in [-0.39, 0.29) is 0 Å². The highest BCUT2D eigenvalue weighted by molar-refractivity contribution is 6.38. The van der Waals surface area contributed by atoms with Crippen LogP contribution >= 0.6 is 11.6 Å². The van der Waals surface area contributed by atoms with Crippen molar-refractivity contribution in [3.63, 3.8) is 0 Å². The van der Waals surface area contributed by atoms with E-state index in [4.69, 9.17) is 11.6 Å². The van der Waals surface area contributed by atoms with Gasteiger partial charge >= 0.3 is 0 Å². The van der Waals surface area contributed by atoms with Gasteiger partial charge in [-0.3, -0.25) is 0 Å². The summed E-state index contributed by atoms with van der Waals surface area (Å²) in [5.41, 5.74) is 3.72. The van der Waals surface area contributed by atoms with Gasteiger partial charge < -0.3 is 4.57 Å². The summed E-state index contributed by atoms with van der Waals surface area (Å²) in [5.74, 6) is 0. The summed E-state index contributed by atoms with van der Waals surface area (Å²) in [7, 11) is 0. The van der Waals surface area contributed by atoms with Gasteiger partial charge in [0.05, 0.1) is 10.5 Å². The monoisotopic (exact) mass is 341 g/mol. The van der Waals surface area contributed by atoms with Gasteiger partial charge in [-0.2, -0.15) is 0 Å². The number of benzene rings is 4. The van der Waals surface area contributed by atoms with Gasteiger partial charge in [0.15, 0.2) is 0 Å². The molecule has 0 aliphatic carbocycles. The van der Waals surface area contributed by atoms with E-state index in [1.165, 1.54) is 32.8 Å². The molecule has 25 heavy (non-hydrogen) atoms. The van der Waals surface area contributed by atoms with Gasteiger partial charge in [0.25, 0.3) is 0 Å². The molecule has 4 aromatic carbocycles. The third-order valence-electron chi connectivity index (χ3n) is 4.91. The molecule has 0 saturated carbocycles. The van der Waals surface area contributed by atoms with Crippen molar-refractivity contribution in [3.05, 3.63) is 95.5 Å². The molecule has 0 aliphatic rings.